The van der Waals surface area contributed by atoms with E-state index in [4.69, 9.17) is 9.47 Å². The van der Waals surface area contributed by atoms with E-state index in [2.05, 4.69) is 20.9 Å². The van der Waals surface area contributed by atoms with Crippen LogP contribution in [0.3, 0.4) is 0 Å². The zero-order valence-corrected chi connectivity index (χ0v) is 24.2. The number of nitrogens with one attached hydrogen (secondary N) is 2. The Bertz CT molecular complexity index is 1600. The number of amides is 2. The van der Waals surface area contributed by atoms with Gasteiger partial charge in [-0.05, 0) is 83.8 Å². The Morgan fingerprint density at radius 2 is 1.76 bits per heavy atom. The van der Waals surface area contributed by atoms with Gasteiger partial charge in [-0.2, -0.15) is 0 Å². The van der Waals surface area contributed by atoms with Gasteiger partial charge in [0.05, 0.1) is 19.7 Å². The monoisotopic (exact) mass is 568 g/mol. The van der Waals surface area contributed by atoms with Crippen LogP contribution in [-0.2, 0) is 36.0 Å². The van der Waals surface area contributed by atoms with E-state index in [1.807, 2.05) is 67.7 Å². The second kappa shape index (κ2) is 11.8. The van der Waals surface area contributed by atoms with Crippen LogP contribution >= 0.6 is 0 Å². The van der Waals surface area contributed by atoms with Crippen molar-refractivity contribution in [3.05, 3.63) is 82.9 Å². The summed E-state index contributed by atoms with van der Waals surface area (Å²) in [5, 5.41) is 14.8. The van der Waals surface area contributed by atoms with Crippen LogP contribution in [0.2, 0.25) is 0 Å². The fourth-order valence-electron chi connectivity index (χ4n) is 6.22. The first-order chi connectivity index (χ1) is 20.4. The number of likely N-dealkylation sites (tertiary alicyclic amines) is 1. The Balaban J connectivity index is 1.22. The second-order valence-electron chi connectivity index (χ2n) is 11.1. The molecule has 0 aliphatic carbocycles. The summed E-state index contributed by atoms with van der Waals surface area (Å²) < 4.78 is 12.4. The minimum atomic E-state index is -0.563. The molecule has 1 fully saturated rings. The molecule has 0 saturated carbocycles. The third-order valence-electron chi connectivity index (χ3n) is 8.45. The lowest BCUT2D eigenvalue weighted by molar-refractivity contribution is -0.140. The molecule has 3 atom stereocenters. The molecule has 10 heteroatoms. The van der Waals surface area contributed by atoms with Gasteiger partial charge in [0.15, 0.2) is 0 Å². The summed E-state index contributed by atoms with van der Waals surface area (Å²) in [5.41, 5.74) is 5.83. The molecule has 10 nitrogen and oxygen atoms in total. The number of hydrogen-bond donors (Lipinski definition) is 2. The summed E-state index contributed by atoms with van der Waals surface area (Å²) in [5.74, 6) is 1.51. The molecule has 3 heterocycles. The van der Waals surface area contributed by atoms with Gasteiger partial charge in [-0.3, -0.25) is 9.59 Å². The quantitative estimate of drug-likeness (QED) is 0.336. The lowest BCUT2D eigenvalue weighted by Crippen LogP contribution is -2.50. The Hall–Kier alpha value is -4.44. The molecule has 1 unspecified atom stereocenters. The van der Waals surface area contributed by atoms with Crippen LogP contribution in [0.5, 0.6) is 11.5 Å². The van der Waals surface area contributed by atoms with Crippen LogP contribution in [0.15, 0.2) is 60.7 Å². The average Bonchev–Trinajstić information content (AvgIpc) is 3.62. The smallest absolute Gasteiger partial charge is 0.245 e. The molecule has 2 aliphatic rings. The number of fused-ring (bicyclic) bond motifs is 2. The highest BCUT2D eigenvalue weighted by Gasteiger charge is 2.42. The molecule has 42 heavy (non-hydrogen) atoms. The lowest BCUT2D eigenvalue weighted by atomic mass is 9.93. The Morgan fingerprint density at radius 3 is 2.55 bits per heavy atom. The van der Waals surface area contributed by atoms with Gasteiger partial charge in [-0.1, -0.05) is 29.5 Å². The molecule has 6 rings (SSSR count). The highest BCUT2D eigenvalue weighted by atomic mass is 16.5. The van der Waals surface area contributed by atoms with Gasteiger partial charge in [0.1, 0.15) is 29.1 Å². The maximum Gasteiger partial charge on any atom is 0.245 e. The highest BCUT2D eigenvalue weighted by Crippen LogP contribution is 2.33. The molecule has 3 aromatic carbocycles. The lowest BCUT2D eigenvalue weighted by Gasteiger charge is -2.32. The van der Waals surface area contributed by atoms with Crippen LogP contribution in [0.25, 0.3) is 11.0 Å². The number of aromatic nitrogens is 3. The zero-order valence-electron chi connectivity index (χ0n) is 24.2. The summed E-state index contributed by atoms with van der Waals surface area (Å²) >= 11 is 0. The van der Waals surface area contributed by atoms with E-state index in [-0.39, 0.29) is 17.7 Å². The first kappa shape index (κ1) is 27.7. The summed E-state index contributed by atoms with van der Waals surface area (Å²) in [7, 11) is 5.14. The van der Waals surface area contributed by atoms with E-state index in [0.717, 1.165) is 57.6 Å². The summed E-state index contributed by atoms with van der Waals surface area (Å²) in [4.78, 5) is 29.6. The van der Waals surface area contributed by atoms with Gasteiger partial charge in [0, 0.05) is 26.7 Å². The predicted octanol–water partition coefficient (Wildman–Crippen LogP) is 2.95. The maximum atomic E-state index is 14.2. The van der Waals surface area contributed by atoms with Gasteiger partial charge >= 0.3 is 0 Å². The number of carbonyl (C=O) groups is 2. The molecule has 2 N–H and O–H groups in total. The van der Waals surface area contributed by atoms with Crippen LogP contribution < -0.4 is 20.1 Å². The van der Waals surface area contributed by atoms with E-state index < -0.39 is 12.1 Å². The minimum Gasteiger partial charge on any atom is -0.497 e. The van der Waals surface area contributed by atoms with Crippen LogP contribution in [0.1, 0.15) is 34.7 Å². The van der Waals surface area contributed by atoms with Gasteiger partial charge in [-0.15, -0.1) is 5.10 Å². The molecule has 0 bridgehead atoms. The number of benzene rings is 3. The number of aryl methyl sites for hydroxylation is 1. The first-order valence-electron chi connectivity index (χ1n) is 14.3. The SMILES string of the molecule is COc1ccc(C[C@@H]2C[C@@H](C(=O)NCc3ccc4c(c3)nnn4C)N(C(=O)C3NCCc4cc(OC)ccc43)C2)cc1. The molecular formula is C32H36N6O4. The number of nitrogens with zero attached hydrogens (tertiary/aromatic N) is 4. The van der Waals surface area contributed by atoms with Crippen molar-refractivity contribution in [1.82, 2.24) is 30.5 Å². The average molecular weight is 569 g/mol. The maximum absolute atomic E-state index is 14.2. The summed E-state index contributed by atoms with van der Waals surface area (Å²) in [6.45, 7) is 1.54. The number of rotatable bonds is 8. The normalized spacial score (nSPS) is 19.9. The molecule has 2 amide bonds. The summed E-state index contributed by atoms with van der Waals surface area (Å²) in [6.07, 6.45) is 2.18. The van der Waals surface area contributed by atoms with Gasteiger partial charge in [0.2, 0.25) is 11.8 Å². The molecule has 1 saturated heterocycles. The Labute approximate surface area is 245 Å². The molecule has 1 aromatic heterocycles. The van der Waals surface area contributed by atoms with Gasteiger partial charge in [0.25, 0.3) is 0 Å². The van der Waals surface area contributed by atoms with Crippen molar-refractivity contribution in [2.75, 3.05) is 27.3 Å². The molecule has 4 aromatic rings. The van der Waals surface area contributed by atoms with Crippen molar-refractivity contribution in [2.45, 2.75) is 37.9 Å². The van der Waals surface area contributed by atoms with E-state index >= 15 is 0 Å². The number of carbonyl (C=O) groups excluding carboxylic acids is 2. The van der Waals surface area contributed by atoms with E-state index in [1.165, 1.54) is 0 Å². The zero-order chi connectivity index (χ0) is 29.2. The van der Waals surface area contributed by atoms with Gasteiger partial charge in [-0.25, -0.2) is 4.68 Å². The van der Waals surface area contributed by atoms with E-state index in [0.29, 0.717) is 26.1 Å². The largest absolute Gasteiger partial charge is 0.497 e. The molecule has 218 valence electrons. The van der Waals surface area contributed by atoms with E-state index in [9.17, 15) is 9.59 Å². The highest BCUT2D eigenvalue weighted by molar-refractivity contribution is 5.91. The van der Waals surface area contributed by atoms with Crippen LogP contribution in [-0.4, -0.2) is 65.1 Å². The van der Waals surface area contributed by atoms with Crippen molar-refractivity contribution < 1.29 is 19.1 Å². The van der Waals surface area contributed by atoms with Crippen LogP contribution in [0.4, 0.5) is 0 Å². The fraction of sp³-hybridized carbons (Fsp3) is 0.375. The fourth-order valence-corrected chi connectivity index (χ4v) is 6.22. The second-order valence-corrected chi connectivity index (χ2v) is 11.1. The number of ether oxygens (including phenoxy) is 2. The molecule has 0 radical (unpaired) electrons. The van der Waals surface area contributed by atoms with Crippen molar-refractivity contribution in [1.29, 1.82) is 0 Å². The summed E-state index contributed by atoms with van der Waals surface area (Å²) in [6, 6.07) is 18.6. The number of methoxy groups -OCH3 is 2. The Morgan fingerprint density at radius 1 is 1.00 bits per heavy atom. The van der Waals surface area contributed by atoms with E-state index in [1.54, 1.807) is 23.8 Å². The molecule has 2 aliphatic heterocycles. The van der Waals surface area contributed by atoms with Crippen molar-refractivity contribution in [2.24, 2.45) is 13.0 Å². The van der Waals surface area contributed by atoms with Crippen molar-refractivity contribution in [3.8, 4) is 11.5 Å². The Kier molecular flexibility index (Phi) is 7.80. The number of hydrogen-bond acceptors (Lipinski definition) is 7. The topological polar surface area (TPSA) is 111 Å². The predicted molar refractivity (Wildman–Crippen MR) is 158 cm³/mol. The first-order valence-corrected chi connectivity index (χ1v) is 14.3. The van der Waals surface area contributed by atoms with Crippen molar-refractivity contribution >= 4 is 22.8 Å². The third kappa shape index (κ3) is 5.54. The molecular weight excluding hydrogens is 532 g/mol. The standard InChI is InChI=1S/C32H36N6O4/c1-37-28-11-6-21(15-27(28)35-36-37)18-34-31(39)29-16-22(14-20-4-7-24(41-2)8-5-20)19-38(29)32(40)30-26-10-9-25(42-3)17-23(26)12-13-33-30/h4-11,15,17,22,29-30,33H,12-14,16,18-19H2,1-3H3,(H,34,39)/t22-,29+,30?/m1/s1. The van der Waals surface area contributed by atoms with Crippen molar-refractivity contribution in [3.63, 3.8) is 0 Å². The molecule has 0 spiro atoms. The van der Waals surface area contributed by atoms with Gasteiger partial charge < -0.3 is 25.0 Å². The minimum absolute atomic E-state index is 0.0699. The van der Waals surface area contributed by atoms with Crippen LogP contribution in [0, 0.1) is 5.92 Å². The third-order valence-corrected chi connectivity index (χ3v) is 8.45.